The van der Waals surface area contributed by atoms with E-state index in [0.717, 1.165) is 29.6 Å². The smallest absolute Gasteiger partial charge is 0.351 e. The summed E-state index contributed by atoms with van der Waals surface area (Å²) < 4.78 is 40.4. The number of rotatable bonds is 6. The van der Waals surface area contributed by atoms with Crippen LogP contribution in [0.1, 0.15) is 24.5 Å². The summed E-state index contributed by atoms with van der Waals surface area (Å²) >= 11 is 6.97. The predicted octanol–water partition coefficient (Wildman–Crippen LogP) is 4.59. The molecule has 28 heavy (non-hydrogen) atoms. The molecule has 0 saturated carbocycles. The molecule has 0 saturated heterocycles. The van der Waals surface area contributed by atoms with Crippen LogP contribution in [0.4, 0.5) is 13.2 Å². The molecule has 5 nitrogen and oxygen atoms in total. The van der Waals surface area contributed by atoms with Crippen molar-refractivity contribution in [3.05, 3.63) is 58.7 Å². The molecule has 0 bridgehead atoms. The fraction of sp³-hybridized carbons (Fsp3) is 0.278. The molecule has 1 N–H and O–H groups in total. The van der Waals surface area contributed by atoms with Crippen molar-refractivity contribution in [2.24, 2.45) is 0 Å². The van der Waals surface area contributed by atoms with E-state index >= 15 is 0 Å². The van der Waals surface area contributed by atoms with Crippen LogP contribution < -0.4 is 5.32 Å². The number of nitrogens with one attached hydrogen (secondary N) is 1. The lowest BCUT2D eigenvalue weighted by molar-refractivity contribution is -0.137. The monoisotopic (exact) mass is 428 g/mol. The third-order valence-corrected chi connectivity index (χ3v) is 5.58. The molecule has 2 aromatic heterocycles. The average Bonchev–Trinajstić information content (AvgIpc) is 3.07. The standard InChI is InChI=1S/C18H16ClF3N4OS/c1-2-14(16(27)23-9-11-6-4-3-5-7-11)28-17-25-24-15-13(19)8-12(10-26(15)17)18(20,21)22/h3-8,10,14H,2,9H2,1H3,(H,23,27). The highest BCUT2D eigenvalue weighted by Gasteiger charge is 2.32. The Bertz CT molecular complexity index is 978. The fourth-order valence-electron chi connectivity index (χ4n) is 2.52. The lowest BCUT2D eigenvalue weighted by atomic mass is 10.2. The van der Waals surface area contributed by atoms with E-state index in [1.54, 1.807) is 0 Å². The molecular formula is C18H16ClF3N4OS. The van der Waals surface area contributed by atoms with E-state index in [4.69, 9.17) is 11.6 Å². The van der Waals surface area contributed by atoms with E-state index in [1.807, 2.05) is 37.3 Å². The highest BCUT2D eigenvalue weighted by molar-refractivity contribution is 8.00. The second kappa shape index (κ2) is 8.40. The van der Waals surface area contributed by atoms with E-state index in [2.05, 4.69) is 15.5 Å². The summed E-state index contributed by atoms with van der Waals surface area (Å²) in [5, 5.41) is 10.1. The number of thioether (sulfide) groups is 1. The quantitative estimate of drug-likeness (QED) is 0.583. The van der Waals surface area contributed by atoms with Crippen molar-refractivity contribution in [3.63, 3.8) is 0 Å². The van der Waals surface area contributed by atoms with Gasteiger partial charge in [0.25, 0.3) is 0 Å². The zero-order valence-corrected chi connectivity index (χ0v) is 16.3. The number of amides is 1. The topological polar surface area (TPSA) is 59.3 Å². The van der Waals surface area contributed by atoms with Gasteiger partial charge in [-0.05, 0) is 18.1 Å². The number of fused-ring (bicyclic) bond motifs is 1. The molecule has 148 valence electrons. The fourth-order valence-corrected chi connectivity index (χ4v) is 3.72. The molecule has 0 aliphatic heterocycles. The molecule has 1 amide bonds. The minimum Gasteiger partial charge on any atom is -0.351 e. The van der Waals surface area contributed by atoms with Crippen LogP contribution in [0.2, 0.25) is 5.02 Å². The van der Waals surface area contributed by atoms with Gasteiger partial charge in [-0.25, -0.2) is 0 Å². The molecular weight excluding hydrogens is 413 g/mol. The van der Waals surface area contributed by atoms with Gasteiger partial charge in [-0.2, -0.15) is 13.2 Å². The number of carbonyl (C=O) groups is 1. The Morgan fingerprint density at radius 2 is 2.00 bits per heavy atom. The number of alkyl halides is 3. The van der Waals surface area contributed by atoms with Gasteiger partial charge in [-0.1, -0.05) is 60.6 Å². The number of nitrogens with zero attached hydrogens (tertiary/aromatic N) is 3. The number of aromatic nitrogens is 3. The van der Waals surface area contributed by atoms with E-state index in [9.17, 15) is 18.0 Å². The van der Waals surface area contributed by atoms with Crippen molar-refractivity contribution in [1.82, 2.24) is 19.9 Å². The summed E-state index contributed by atoms with van der Waals surface area (Å²) in [5.74, 6) is -0.230. The van der Waals surface area contributed by atoms with Crippen molar-refractivity contribution in [2.45, 2.75) is 36.5 Å². The van der Waals surface area contributed by atoms with Gasteiger partial charge in [0, 0.05) is 12.7 Å². The number of halogens is 4. The van der Waals surface area contributed by atoms with Crippen molar-refractivity contribution in [3.8, 4) is 0 Å². The number of carbonyl (C=O) groups excluding carboxylic acids is 1. The molecule has 10 heteroatoms. The zero-order valence-electron chi connectivity index (χ0n) is 14.7. The number of hydrogen-bond acceptors (Lipinski definition) is 4. The lowest BCUT2D eigenvalue weighted by Crippen LogP contribution is -2.32. The van der Waals surface area contributed by atoms with Gasteiger partial charge in [0.05, 0.1) is 15.8 Å². The maximum Gasteiger partial charge on any atom is 0.417 e. The summed E-state index contributed by atoms with van der Waals surface area (Å²) in [7, 11) is 0. The van der Waals surface area contributed by atoms with Gasteiger partial charge < -0.3 is 5.32 Å². The Balaban J connectivity index is 1.79. The molecule has 1 atom stereocenters. The van der Waals surface area contributed by atoms with Crippen LogP contribution in [-0.4, -0.2) is 25.8 Å². The second-order valence-electron chi connectivity index (χ2n) is 5.97. The summed E-state index contributed by atoms with van der Waals surface area (Å²) in [4.78, 5) is 12.5. The largest absolute Gasteiger partial charge is 0.417 e. The predicted molar refractivity (Wildman–Crippen MR) is 101 cm³/mol. The maximum atomic E-state index is 13.1. The minimum atomic E-state index is -4.55. The van der Waals surface area contributed by atoms with Gasteiger partial charge >= 0.3 is 6.18 Å². The highest BCUT2D eigenvalue weighted by Crippen LogP contribution is 2.34. The Hall–Kier alpha value is -2.26. The Morgan fingerprint density at radius 3 is 2.64 bits per heavy atom. The molecule has 1 unspecified atom stereocenters. The third-order valence-electron chi connectivity index (χ3n) is 3.98. The first-order chi connectivity index (χ1) is 13.3. The van der Waals surface area contributed by atoms with E-state index in [-0.39, 0.29) is 21.7 Å². The van der Waals surface area contributed by atoms with E-state index in [0.29, 0.717) is 13.0 Å². The van der Waals surface area contributed by atoms with Crippen LogP contribution in [-0.2, 0) is 17.5 Å². The lowest BCUT2D eigenvalue weighted by Gasteiger charge is -2.14. The molecule has 0 spiro atoms. The van der Waals surface area contributed by atoms with Crippen LogP contribution in [0.5, 0.6) is 0 Å². The van der Waals surface area contributed by atoms with Gasteiger partial charge in [-0.3, -0.25) is 9.20 Å². The van der Waals surface area contributed by atoms with Gasteiger partial charge in [0.15, 0.2) is 10.8 Å². The number of benzene rings is 1. The molecule has 2 heterocycles. The number of pyridine rings is 1. The first-order valence-corrected chi connectivity index (χ1v) is 9.65. The van der Waals surface area contributed by atoms with Crippen LogP contribution in [0.25, 0.3) is 5.65 Å². The van der Waals surface area contributed by atoms with Crippen LogP contribution in [0.3, 0.4) is 0 Å². The zero-order chi connectivity index (χ0) is 20.3. The first-order valence-electron chi connectivity index (χ1n) is 8.39. The normalized spacial score (nSPS) is 12.9. The van der Waals surface area contributed by atoms with Crippen LogP contribution in [0, 0.1) is 0 Å². The molecule has 0 fully saturated rings. The minimum absolute atomic E-state index is 0.108. The van der Waals surface area contributed by atoms with Gasteiger partial charge in [0.1, 0.15) is 0 Å². The Morgan fingerprint density at radius 1 is 1.29 bits per heavy atom. The van der Waals surface area contributed by atoms with Crippen molar-refractivity contribution in [1.29, 1.82) is 0 Å². The summed E-state index contributed by atoms with van der Waals surface area (Å²) in [5.41, 5.74) is 0.148. The molecule has 0 aliphatic carbocycles. The third kappa shape index (κ3) is 4.59. The first kappa shape index (κ1) is 20.5. The van der Waals surface area contributed by atoms with Gasteiger partial charge in [0.2, 0.25) is 5.91 Å². The summed E-state index contributed by atoms with van der Waals surface area (Å²) in [6.07, 6.45) is -3.20. The molecule has 0 radical (unpaired) electrons. The second-order valence-corrected chi connectivity index (χ2v) is 7.55. The highest BCUT2D eigenvalue weighted by atomic mass is 35.5. The summed E-state index contributed by atoms with van der Waals surface area (Å²) in [6.45, 7) is 2.18. The average molecular weight is 429 g/mol. The van der Waals surface area contributed by atoms with Crippen LogP contribution >= 0.6 is 23.4 Å². The van der Waals surface area contributed by atoms with Crippen molar-refractivity contribution >= 4 is 34.9 Å². The molecule has 1 aromatic carbocycles. The van der Waals surface area contributed by atoms with Crippen molar-refractivity contribution < 1.29 is 18.0 Å². The van der Waals surface area contributed by atoms with Gasteiger partial charge in [-0.15, -0.1) is 10.2 Å². The van der Waals surface area contributed by atoms with E-state index in [1.165, 1.54) is 4.40 Å². The Labute approximate surface area is 168 Å². The maximum absolute atomic E-state index is 13.1. The molecule has 0 aliphatic rings. The van der Waals surface area contributed by atoms with E-state index < -0.39 is 17.0 Å². The molecule has 3 rings (SSSR count). The molecule has 3 aromatic rings. The van der Waals surface area contributed by atoms with Crippen LogP contribution in [0.15, 0.2) is 47.8 Å². The number of hydrogen-bond donors (Lipinski definition) is 1. The summed E-state index contributed by atoms with van der Waals surface area (Å²) in [6, 6.07) is 10.2. The van der Waals surface area contributed by atoms with Crippen molar-refractivity contribution in [2.75, 3.05) is 0 Å². The Kier molecular flexibility index (Phi) is 6.14. The SMILES string of the molecule is CCC(Sc1nnc2c(Cl)cc(C(F)(F)F)cn12)C(=O)NCc1ccccc1.